The van der Waals surface area contributed by atoms with Gasteiger partial charge in [0.25, 0.3) is 0 Å². The number of sulfonamides is 1. The van der Waals surface area contributed by atoms with E-state index < -0.39 is 10.0 Å². The van der Waals surface area contributed by atoms with Crippen molar-refractivity contribution in [3.8, 4) is 0 Å². The smallest absolute Gasteiger partial charge is 0.240 e. The highest BCUT2D eigenvalue weighted by Crippen LogP contribution is 2.24. The Bertz CT molecular complexity index is 567. The number of hydrogen-bond acceptors (Lipinski definition) is 4. The molecule has 1 aliphatic rings. The third kappa shape index (κ3) is 3.31. The summed E-state index contributed by atoms with van der Waals surface area (Å²) in [6.07, 6.45) is 2.32. The number of hydrogen-bond donors (Lipinski definition) is 3. The van der Waals surface area contributed by atoms with Gasteiger partial charge in [-0.25, -0.2) is 13.1 Å². The minimum Gasteiger partial charge on any atom is -0.398 e. The van der Waals surface area contributed by atoms with E-state index in [1.54, 1.807) is 6.07 Å². The van der Waals surface area contributed by atoms with Crippen molar-refractivity contribution in [2.24, 2.45) is 0 Å². The zero-order valence-electron chi connectivity index (χ0n) is 11.9. The van der Waals surface area contributed by atoms with Crippen LogP contribution in [-0.2, 0) is 10.0 Å². The first-order valence-corrected chi connectivity index (χ1v) is 8.35. The second kappa shape index (κ2) is 5.71. The summed E-state index contributed by atoms with van der Waals surface area (Å²) < 4.78 is 27.4. The van der Waals surface area contributed by atoms with Crippen LogP contribution in [0, 0.1) is 13.8 Å². The summed E-state index contributed by atoms with van der Waals surface area (Å²) in [5.74, 6) is 0. The second-order valence-electron chi connectivity index (χ2n) is 5.58. The molecule has 0 bridgehead atoms. The predicted molar refractivity (Wildman–Crippen MR) is 78.9 cm³/mol. The van der Waals surface area contributed by atoms with E-state index in [-0.39, 0.29) is 17.0 Å². The highest BCUT2D eigenvalue weighted by atomic mass is 32.2. The molecule has 0 amide bonds. The van der Waals surface area contributed by atoms with E-state index in [1.807, 2.05) is 13.8 Å². The molecule has 0 radical (unpaired) electrons. The van der Waals surface area contributed by atoms with E-state index >= 15 is 0 Å². The molecule has 1 aromatic carbocycles. The van der Waals surface area contributed by atoms with E-state index in [9.17, 15) is 13.5 Å². The quantitative estimate of drug-likeness (QED) is 0.737. The van der Waals surface area contributed by atoms with E-state index in [0.29, 0.717) is 31.4 Å². The Morgan fingerprint density at radius 1 is 1.20 bits per heavy atom. The number of aliphatic hydroxyl groups is 1. The van der Waals surface area contributed by atoms with Gasteiger partial charge in [0.05, 0.1) is 11.0 Å². The molecule has 0 unspecified atom stereocenters. The minimum absolute atomic E-state index is 0.105. The molecule has 4 N–H and O–H groups in total. The van der Waals surface area contributed by atoms with E-state index in [2.05, 4.69) is 4.72 Å². The van der Waals surface area contributed by atoms with Crippen LogP contribution < -0.4 is 10.5 Å². The highest BCUT2D eigenvalue weighted by molar-refractivity contribution is 7.89. The molecule has 0 spiro atoms. The molecule has 1 fully saturated rings. The number of nitrogens with one attached hydrogen (secondary N) is 1. The number of benzene rings is 1. The van der Waals surface area contributed by atoms with Crippen LogP contribution in [-0.4, -0.2) is 25.7 Å². The van der Waals surface area contributed by atoms with Gasteiger partial charge in [-0.05, 0) is 62.8 Å². The van der Waals surface area contributed by atoms with Crippen molar-refractivity contribution in [2.45, 2.75) is 56.6 Å². The Morgan fingerprint density at radius 2 is 1.80 bits per heavy atom. The van der Waals surface area contributed by atoms with Gasteiger partial charge in [0.1, 0.15) is 0 Å². The average molecular weight is 298 g/mol. The van der Waals surface area contributed by atoms with Crippen molar-refractivity contribution in [1.29, 1.82) is 0 Å². The maximum atomic E-state index is 12.4. The third-order valence-electron chi connectivity index (χ3n) is 4.01. The van der Waals surface area contributed by atoms with Crippen LogP contribution >= 0.6 is 0 Å². The molecule has 5 nitrogen and oxygen atoms in total. The summed E-state index contributed by atoms with van der Waals surface area (Å²) in [6.45, 7) is 3.72. The fraction of sp³-hybridized carbons (Fsp3) is 0.571. The molecule has 112 valence electrons. The lowest BCUT2D eigenvalue weighted by molar-refractivity contribution is 0.120. The maximum Gasteiger partial charge on any atom is 0.240 e. The predicted octanol–water partition coefficient (Wildman–Crippen LogP) is 1.47. The first-order valence-electron chi connectivity index (χ1n) is 6.86. The van der Waals surface area contributed by atoms with Crippen molar-refractivity contribution in [3.63, 3.8) is 0 Å². The van der Waals surface area contributed by atoms with Gasteiger partial charge in [-0.1, -0.05) is 0 Å². The molecule has 6 heteroatoms. The van der Waals surface area contributed by atoms with Gasteiger partial charge in [0.2, 0.25) is 10.0 Å². The van der Waals surface area contributed by atoms with Gasteiger partial charge in [-0.3, -0.25) is 0 Å². The third-order valence-corrected chi connectivity index (χ3v) is 5.51. The van der Waals surface area contributed by atoms with E-state index in [4.69, 9.17) is 5.73 Å². The van der Waals surface area contributed by atoms with Gasteiger partial charge >= 0.3 is 0 Å². The van der Waals surface area contributed by atoms with Gasteiger partial charge in [-0.2, -0.15) is 0 Å². The lowest BCUT2D eigenvalue weighted by Gasteiger charge is -2.26. The average Bonchev–Trinajstić information content (AvgIpc) is 2.38. The Morgan fingerprint density at radius 3 is 2.35 bits per heavy atom. The first-order chi connectivity index (χ1) is 9.29. The molecule has 2 rings (SSSR count). The SMILES string of the molecule is Cc1cc(S(=O)(=O)NC2CCC(O)CC2)cc(N)c1C. The molecule has 0 saturated heterocycles. The van der Waals surface area contributed by atoms with Gasteiger partial charge in [0.15, 0.2) is 0 Å². The number of nitrogen functional groups attached to an aromatic ring is 1. The van der Waals surface area contributed by atoms with Gasteiger partial charge in [0, 0.05) is 11.7 Å². The Kier molecular flexibility index (Phi) is 4.36. The molecular weight excluding hydrogens is 276 g/mol. The number of aryl methyl sites for hydroxylation is 1. The van der Waals surface area contributed by atoms with E-state index in [0.717, 1.165) is 11.1 Å². The standard InChI is InChI=1S/C14H22N2O3S/c1-9-7-13(8-14(15)10(9)2)20(18,19)16-11-3-5-12(17)6-4-11/h7-8,11-12,16-17H,3-6,15H2,1-2H3. The van der Waals surface area contributed by atoms with E-state index in [1.165, 1.54) is 6.07 Å². The van der Waals surface area contributed by atoms with Crippen LogP contribution in [0.4, 0.5) is 5.69 Å². The van der Waals surface area contributed by atoms with Crippen molar-refractivity contribution in [2.75, 3.05) is 5.73 Å². The molecule has 0 aliphatic heterocycles. The lowest BCUT2D eigenvalue weighted by atomic mass is 9.94. The van der Waals surface area contributed by atoms with Crippen LogP contribution in [0.25, 0.3) is 0 Å². The molecule has 0 heterocycles. The van der Waals surface area contributed by atoms with Gasteiger partial charge < -0.3 is 10.8 Å². The van der Waals surface area contributed by atoms with Crippen LogP contribution in [0.5, 0.6) is 0 Å². The van der Waals surface area contributed by atoms with Gasteiger partial charge in [-0.15, -0.1) is 0 Å². The monoisotopic (exact) mass is 298 g/mol. The van der Waals surface area contributed by atoms with Crippen molar-refractivity contribution in [3.05, 3.63) is 23.3 Å². The summed E-state index contributed by atoms with van der Waals surface area (Å²) in [4.78, 5) is 0.212. The van der Waals surface area contributed by atoms with Crippen LogP contribution in [0.2, 0.25) is 0 Å². The molecule has 0 aromatic heterocycles. The fourth-order valence-corrected chi connectivity index (χ4v) is 3.91. The highest BCUT2D eigenvalue weighted by Gasteiger charge is 2.25. The second-order valence-corrected chi connectivity index (χ2v) is 7.30. The van der Waals surface area contributed by atoms with Crippen LogP contribution in [0.3, 0.4) is 0 Å². The summed E-state index contributed by atoms with van der Waals surface area (Å²) >= 11 is 0. The Balaban J connectivity index is 2.18. The fourth-order valence-electron chi connectivity index (χ4n) is 2.49. The molecule has 1 aromatic rings. The van der Waals surface area contributed by atoms with Crippen LogP contribution in [0.15, 0.2) is 17.0 Å². The first kappa shape index (κ1) is 15.3. The number of anilines is 1. The number of aliphatic hydroxyl groups excluding tert-OH is 1. The Hall–Kier alpha value is -1.11. The number of nitrogens with two attached hydrogens (primary N) is 1. The lowest BCUT2D eigenvalue weighted by Crippen LogP contribution is -2.38. The van der Waals surface area contributed by atoms with Crippen LogP contribution in [0.1, 0.15) is 36.8 Å². The summed E-state index contributed by atoms with van der Waals surface area (Å²) in [6, 6.07) is 3.04. The molecule has 1 saturated carbocycles. The summed E-state index contributed by atoms with van der Waals surface area (Å²) in [7, 11) is -3.55. The Labute approximate surface area is 120 Å². The van der Waals surface area contributed by atoms with Crippen molar-refractivity contribution < 1.29 is 13.5 Å². The summed E-state index contributed by atoms with van der Waals surface area (Å²) in [5, 5.41) is 9.45. The topological polar surface area (TPSA) is 92.4 Å². The zero-order valence-corrected chi connectivity index (χ0v) is 12.7. The normalized spacial score (nSPS) is 23.8. The summed E-state index contributed by atoms with van der Waals surface area (Å²) in [5.41, 5.74) is 8.11. The molecule has 1 aliphatic carbocycles. The number of rotatable bonds is 3. The maximum absolute atomic E-state index is 12.4. The van der Waals surface area contributed by atoms with Crippen molar-refractivity contribution >= 4 is 15.7 Å². The zero-order chi connectivity index (χ0) is 14.9. The minimum atomic E-state index is -3.55. The largest absolute Gasteiger partial charge is 0.398 e. The van der Waals surface area contributed by atoms with Crippen molar-refractivity contribution in [1.82, 2.24) is 4.72 Å². The molecular formula is C14H22N2O3S. The molecule has 20 heavy (non-hydrogen) atoms. The molecule has 0 atom stereocenters.